The van der Waals surface area contributed by atoms with E-state index in [0.29, 0.717) is 0 Å². The van der Waals surface area contributed by atoms with Gasteiger partial charge in [-0.3, -0.25) is 0 Å². The molecular formula is C11H23NO2. The predicted molar refractivity (Wildman–Crippen MR) is 57.3 cm³/mol. The van der Waals surface area contributed by atoms with Crippen LogP contribution in [0.4, 0.5) is 0 Å². The largest absolute Gasteiger partial charge is 0.381 e. The van der Waals surface area contributed by atoms with Gasteiger partial charge in [-0.05, 0) is 13.3 Å². The van der Waals surface area contributed by atoms with Gasteiger partial charge in [0.1, 0.15) is 0 Å². The maximum Gasteiger partial charge on any atom is 0.0876 e. The Morgan fingerprint density at radius 2 is 2.00 bits per heavy atom. The second kappa shape index (κ2) is 5.69. The van der Waals surface area contributed by atoms with Crippen LogP contribution in [0.3, 0.4) is 0 Å². The Morgan fingerprint density at radius 1 is 1.36 bits per heavy atom. The first-order valence-corrected chi connectivity index (χ1v) is 5.72. The molecule has 3 heteroatoms. The summed E-state index contributed by atoms with van der Waals surface area (Å²) in [7, 11) is 0. The van der Waals surface area contributed by atoms with Crippen LogP contribution >= 0.6 is 0 Å². The summed E-state index contributed by atoms with van der Waals surface area (Å²) in [6.07, 6.45) is 4.06. The van der Waals surface area contributed by atoms with Crippen molar-refractivity contribution in [1.29, 1.82) is 0 Å². The van der Waals surface area contributed by atoms with Crippen LogP contribution in [0.2, 0.25) is 0 Å². The molecule has 0 unspecified atom stereocenters. The van der Waals surface area contributed by atoms with Crippen LogP contribution in [-0.4, -0.2) is 31.5 Å². The summed E-state index contributed by atoms with van der Waals surface area (Å²) in [5.74, 6) is 0. The van der Waals surface area contributed by atoms with Gasteiger partial charge in [-0.1, -0.05) is 13.3 Å². The maximum absolute atomic E-state index is 6.20. The minimum absolute atomic E-state index is 0.108. The summed E-state index contributed by atoms with van der Waals surface area (Å²) in [5, 5.41) is 0. The smallest absolute Gasteiger partial charge is 0.0876 e. The Balaban J connectivity index is 2.58. The first-order valence-electron chi connectivity index (χ1n) is 5.72. The fourth-order valence-electron chi connectivity index (χ4n) is 2.20. The van der Waals surface area contributed by atoms with Crippen molar-refractivity contribution in [3.8, 4) is 0 Å². The fraction of sp³-hybridized carbons (Fsp3) is 1.00. The topological polar surface area (TPSA) is 44.5 Å². The molecule has 0 saturated carbocycles. The minimum atomic E-state index is -0.108. The molecule has 84 valence electrons. The molecule has 0 spiro atoms. The van der Waals surface area contributed by atoms with Crippen molar-refractivity contribution in [1.82, 2.24) is 0 Å². The summed E-state index contributed by atoms with van der Waals surface area (Å²) in [6.45, 7) is 6.53. The SMILES string of the molecule is CCC[C@@H](N)C1(OCC)CCOCC1. The Morgan fingerprint density at radius 3 is 2.50 bits per heavy atom. The second-order valence-electron chi connectivity index (χ2n) is 4.01. The van der Waals surface area contributed by atoms with Crippen LogP contribution in [0.15, 0.2) is 0 Å². The molecule has 0 aliphatic carbocycles. The number of hydrogen-bond acceptors (Lipinski definition) is 3. The molecule has 0 bridgehead atoms. The molecular weight excluding hydrogens is 178 g/mol. The Labute approximate surface area is 86.9 Å². The van der Waals surface area contributed by atoms with Gasteiger partial charge in [-0.15, -0.1) is 0 Å². The lowest BCUT2D eigenvalue weighted by molar-refractivity contribution is -0.121. The number of nitrogens with two attached hydrogens (primary N) is 1. The van der Waals surface area contributed by atoms with E-state index in [1.54, 1.807) is 0 Å². The van der Waals surface area contributed by atoms with Crippen LogP contribution in [0, 0.1) is 0 Å². The van der Waals surface area contributed by atoms with Crippen molar-refractivity contribution in [2.75, 3.05) is 19.8 Å². The highest BCUT2D eigenvalue weighted by Crippen LogP contribution is 2.29. The van der Waals surface area contributed by atoms with Gasteiger partial charge in [-0.2, -0.15) is 0 Å². The molecule has 0 aromatic carbocycles. The van der Waals surface area contributed by atoms with Crippen molar-refractivity contribution < 1.29 is 9.47 Å². The zero-order chi connectivity index (χ0) is 10.4. The quantitative estimate of drug-likeness (QED) is 0.736. The number of hydrogen-bond donors (Lipinski definition) is 1. The molecule has 1 fully saturated rings. The molecule has 1 aliphatic rings. The Kier molecular flexibility index (Phi) is 4.85. The van der Waals surface area contributed by atoms with Gasteiger partial charge >= 0.3 is 0 Å². The number of rotatable bonds is 5. The first kappa shape index (κ1) is 12.0. The third kappa shape index (κ3) is 2.69. The lowest BCUT2D eigenvalue weighted by Crippen LogP contribution is -2.53. The summed E-state index contributed by atoms with van der Waals surface area (Å²) in [5.41, 5.74) is 6.09. The molecule has 0 aromatic heterocycles. The minimum Gasteiger partial charge on any atom is -0.381 e. The van der Waals surface area contributed by atoms with Gasteiger partial charge in [-0.25, -0.2) is 0 Å². The van der Waals surface area contributed by atoms with Gasteiger partial charge < -0.3 is 15.2 Å². The van der Waals surface area contributed by atoms with E-state index in [4.69, 9.17) is 15.2 Å². The normalized spacial score (nSPS) is 23.4. The molecule has 0 radical (unpaired) electrons. The van der Waals surface area contributed by atoms with Gasteiger partial charge in [0.25, 0.3) is 0 Å². The van der Waals surface area contributed by atoms with E-state index in [-0.39, 0.29) is 11.6 Å². The lowest BCUT2D eigenvalue weighted by Gasteiger charge is -2.41. The summed E-state index contributed by atoms with van der Waals surface area (Å²) < 4.78 is 11.2. The molecule has 14 heavy (non-hydrogen) atoms. The van der Waals surface area contributed by atoms with E-state index in [1.165, 1.54) is 0 Å². The average molecular weight is 201 g/mol. The monoisotopic (exact) mass is 201 g/mol. The predicted octanol–water partition coefficient (Wildman–Crippen LogP) is 1.70. The summed E-state index contributed by atoms with van der Waals surface area (Å²) in [4.78, 5) is 0. The van der Waals surface area contributed by atoms with Gasteiger partial charge in [0.15, 0.2) is 0 Å². The first-order chi connectivity index (χ1) is 6.75. The molecule has 1 saturated heterocycles. The van der Waals surface area contributed by atoms with E-state index in [2.05, 4.69) is 6.92 Å². The molecule has 2 N–H and O–H groups in total. The highest BCUT2D eigenvalue weighted by molar-refractivity contribution is 4.93. The Hall–Kier alpha value is -0.120. The molecule has 1 atom stereocenters. The second-order valence-corrected chi connectivity index (χ2v) is 4.01. The van der Waals surface area contributed by atoms with Crippen molar-refractivity contribution in [3.63, 3.8) is 0 Å². The van der Waals surface area contributed by atoms with Crippen molar-refractivity contribution in [3.05, 3.63) is 0 Å². The van der Waals surface area contributed by atoms with Crippen LogP contribution < -0.4 is 5.73 Å². The van der Waals surface area contributed by atoms with Crippen molar-refractivity contribution in [2.24, 2.45) is 5.73 Å². The van der Waals surface area contributed by atoms with Gasteiger partial charge in [0, 0.05) is 38.7 Å². The lowest BCUT2D eigenvalue weighted by atomic mass is 9.84. The highest BCUT2D eigenvalue weighted by Gasteiger charge is 2.38. The third-order valence-electron chi connectivity index (χ3n) is 3.05. The number of ether oxygens (including phenoxy) is 2. The molecule has 1 heterocycles. The van der Waals surface area contributed by atoms with E-state index >= 15 is 0 Å². The standard InChI is InChI=1S/C11H23NO2/c1-3-5-10(12)11(14-4-2)6-8-13-9-7-11/h10H,3-9,12H2,1-2H3/t10-/m1/s1. The Bertz CT molecular complexity index is 150. The van der Waals surface area contributed by atoms with Crippen molar-refractivity contribution >= 4 is 0 Å². The average Bonchev–Trinajstić information content (AvgIpc) is 2.20. The molecule has 0 amide bonds. The maximum atomic E-state index is 6.20. The summed E-state index contributed by atoms with van der Waals surface area (Å²) in [6, 6.07) is 0.163. The molecule has 1 rings (SSSR count). The van der Waals surface area contributed by atoms with E-state index in [1.807, 2.05) is 6.92 Å². The van der Waals surface area contributed by atoms with Gasteiger partial charge in [0.2, 0.25) is 0 Å². The van der Waals surface area contributed by atoms with Crippen LogP contribution in [0.25, 0.3) is 0 Å². The van der Waals surface area contributed by atoms with Crippen molar-refractivity contribution in [2.45, 2.75) is 51.2 Å². The zero-order valence-electron chi connectivity index (χ0n) is 9.42. The van der Waals surface area contributed by atoms with Gasteiger partial charge in [0.05, 0.1) is 5.60 Å². The third-order valence-corrected chi connectivity index (χ3v) is 3.05. The van der Waals surface area contributed by atoms with Crippen LogP contribution in [0.1, 0.15) is 39.5 Å². The molecule has 1 aliphatic heterocycles. The van der Waals surface area contributed by atoms with Crippen LogP contribution in [-0.2, 0) is 9.47 Å². The highest BCUT2D eigenvalue weighted by atomic mass is 16.5. The fourth-order valence-corrected chi connectivity index (χ4v) is 2.20. The van der Waals surface area contributed by atoms with E-state index in [0.717, 1.165) is 45.5 Å². The van der Waals surface area contributed by atoms with E-state index < -0.39 is 0 Å². The zero-order valence-corrected chi connectivity index (χ0v) is 9.42. The van der Waals surface area contributed by atoms with Crippen LogP contribution in [0.5, 0.6) is 0 Å². The van der Waals surface area contributed by atoms with E-state index in [9.17, 15) is 0 Å². The molecule has 3 nitrogen and oxygen atoms in total. The summed E-state index contributed by atoms with van der Waals surface area (Å²) >= 11 is 0. The molecule has 0 aromatic rings.